The van der Waals surface area contributed by atoms with Crippen molar-refractivity contribution < 1.29 is 19.1 Å². The average molecular weight is 294 g/mol. The molecule has 0 aromatic heterocycles. The zero-order valence-corrected chi connectivity index (χ0v) is 11.7. The van der Waals surface area contributed by atoms with Crippen LogP contribution in [0.1, 0.15) is 24.8 Å². The maximum absolute atomic E-state index is 12.8. The normalized spacial score (nSPS) is 22.1. The maximum Gasteiger partial charge on any atom is 0.251 e. The second kappa shape index (κ2) is 6.22. The Kier molecular flexibility index (Phi) is 4.57. The molecule has 0 saturated carbocycles. The molecule has 0 spiro atoms. The third-order valence-electron chi connectivity index (χ3n) is 3.82. The quantitative estimate of drug-likeness (QED) is 0.853. The van der Waals surface area contributed by atoms with Crippen molar-refractivity contribution in [3.05, 3.63) is 35.6 Å². The molecule has 5 nitrogen and oxygen atoms in total. The number of likely N-dealkylation sites (tertiary alicyclic amines) is 1. The molecule has 6 heteroatoms. The first-order chi connectivity index (χ1) is 9.90. The molecule has 0 unspecified atom stereocenters. The van der Waals surface area contributed by atoms with Crippen LogP contribution in [0.3, 0.4) is 0 Å². The van der Waals surface area contributed by atoms with E-state index in [1.54, 1.807) is 12.1 Å². The van der Waals surface area contributed by atoms with Gasteiger partial charge in [-0.2, -0.15) is 0 Å². The highest BCUT2D eigenvalue weighted by Crippen LogP contribution is 2.21. The zero-order chi connectivity index (χ0) is 15.5. The van der Waals surface area contributed by atoms with E-state index in [4.69, 9.17) is 5.73 Å². The van der Waals surface area contributed by atoms with Gasteiger partial charge in [-0.05, 0) is 37.0 Å². The Bertz CT molecular complexity index is 532. The smallest absolute Gasteiger partial charge is 0.251 e. The highest BCUT2D eigenvalue weighted by atomic mass is 19.1. The maximum atomic E-state index is 12.8. The van der Waals surface area contributed by atoms with E-state index in [2.05, 4.69) is 0 Å². The molecular weight excluding hydrogens is 275 g/mol. The fourth-order valence-corrected chi connectivity index (χ4v) is 2.51. The third kappa shape index (κ3) is 3.78. The molecule has 0 bridgehead atoms. The number of amides is 2. The molecule has 0 aliphatic carbocycles. The van der Waals surface area contributed by atoms with Gasteiger partial charge in [0.1, 0.15) is 5.82 Å². The summed E-state index contributed by atoms with van der Waals surface area (Å²) in [5.74, 6) is -1.25. The van der Waals surface area contributed by atoms with E-state index < -0.39 is 11.5 Å². The lowest BCUT2D eigenvalue weighted by molar-refractivity contribution is -0.148. The third-order valence-corrected chi connectivity index (χ3v) is 3.82. The van der Waals surface area contributed by atoms with E-state index in [1.807, 2.05) is 0 Å². The number of nitrogens with two attached hydrogens (primary N) is 1. The number of carbonyl (C=O) groups is 2. The number of hydrogen-bond acceptors (Lipinski definition) is 3. The average Bonchev–Trinajstić information content (AvgIpc) is 2.46. The monoisotopic (exact) mass is 294 g/mol. The van der Waals surface area contributed by atoms with Crippen LogP contribution in [0.2, 0.25) is 0 Å². The summed E-state index contributed by atoms with van der Waals surface area (Å²) in [4.78, 5) is 24.9. The van der Waals surface area contributed by atoms with Crippen molar-refractivity contribution in [2.24, 2.45) is 5.73 Å². The van der Waals surface area contributed by atoms with Crippen LogP contribution in [-0.2, 0) is 16.0 Å². The van der Waals surface area contributed by atoms with Crippen LogP contribution in [0.15, 0.2) is 24.3 Å². The second-order valence-corrected chi connectivity index (χ2v) is 5.44. The lowest BCUT2D eigenvalue weighted by Gasteiger charge is -2.37. The summed E-state index contributed by atoms with van der Waals surface area (Å²) in [6, 6.07) is 5.98. The van der Waals surface area contributed by atoms with Crippen molar-refractivity contribution >= 4 is 11.8 Å². The number of β-amino-alcohol motifs (C(OH)–C–C–N with tert-alkyl or cyclic N) is 1. The second-order valence-electron chi connectivity index (χ2n) is 5.44. The molecule has 2 amide bonds. The van der Waals surface area contributed by atoms with Crippen LogP contribution in [0.4, 0.5) is 4.39 Å². The van der Waals surface area contributed by atoms with Crippen LogP contribution in [0.5, 0.6) is 0 Å². The van der Waals surface area contributed by atoms with E-state index in [0.717, 1.165) is 5.56 Å². The molecule has 1 atom stereocenters. The van der Waals surface area contributed by atoms with Crippen LogP contribution < -0.4 is 5.73 Å². The topological polar surface area (TPSA) is 83.6 Å². The number of aryl methyl sites for hydroxylation is 1. The van der Waals surface area contributed by atoms with Crippen LogP contribution in [-0.4, -0.2) is 40.5 Å². The first kappa shape index (κ1) is 15.4. The van der Waals surface area contributed by atoms with Gasteiger partial charge in [0.25, 0.3) is 5.91 Å². The number of hydrogen-bond donors (Lipinski definition) is 2. The predicted octanol–water partition coefficient (Wildman–Crippen LogP) is 0.597. The summed E-state index contributed by atoms with van der Waals surface area (Å²) in [6.07, 6.45) is 1.57. The Morgan fingerprint density at radius 3 is 2.62 bits per heavy atom. The van der Waals surface area contributed by atoms with Gasteiger partial charge in [-0.1, -0.05) is 12.1 Å². The van der Waals surface area contributed by atoms with E-state index in [1.165, 1.54) is 17.0 Å². The molecule has 1 saturated heterocycles. The van der Waals surface area contributed by atoms with Gasteiger partial charge in [0, 0.05) is 13.0 Å². The summed E-state index contributed by atoms with van der Waals surface area (Å²) in [5.41, 5.74) is 4.43. The molecule has 1 fully saturated rings. The van der Waals surface area contributed by atoms with Crippen molar-refractivity contribution in [3.63, 3.8) is 0 Å². The van der Waals surface area contributed by atoms with E-state index >= 15 is 0 Å². The van der Waals surface area contributed by atoms with Crippen LogP contribution in [0, 0.1) is 5.82 Å². The van der Waals surface area contributed by atoms with Gasteiger partial charge in [0.2, 0.25) is 5.91 Å². The first-order valence-electron chi connectivity index (χ1n) is 6.95. The Morgan fingerprint density at radius 1 is 1.33 bits per heavy atom. The first-order valence-corrected chi connectivity index (χ1v) is 6.95. The highest BCUT2D eigenvalue weighted by molar-refractivity contribution is 5.85. The predicted molar refractivity (Wildman–Crippen MR) is 74.7 cm³/mol. The molecule has 1 aromatic carbocycles. The number of piperidine rings is 1. The minimum absolute atomic E-state index is 0.0510. The van der Waals surface area contributed by atoms with Crippen LogP contribution >= 0.6 is 0 Å². The van der Waals surface area contributed by atoms with Gasteiger partial charge < -0.3 is 15.7 Å². The summed E-state index contributed by atoms with van der Waals surface area (Å²) in [5, 5.41) is 10.1. The Hall–Kier alpha value is -1.95. The van der Waals surface area contributed by atoms with Crippen molar-refractivity contribution in [1.82, 2.24) is 4.90 Å². The minimum Gasteiger partial charge on any atom is -0.378 e. The number of nitrogens with zero attached hydrogens (tertiary/aromatic N) is 1. The molecule has 1 aliphatic heterocycles. The molecule has 114 valence electrons. The summed E-state index contributed by atoms with van der Waals surface area (Å²) < 4.78 is 12.8. The summed E-state index contributed by atoms with van der Waals surface area (Å²) >= 11 is 0. The van der Waals surface area contributed by atoms with Crippen molar-refractivity contribution in [1.29, 1.82) is 0 Å². The number of rotatable bonds is 4. The largest absolute Gasteiger partial charge is 0.378 e. The van der Waals surface area contributed by atoms with E-state index in [9.17, 15) is 19.1 Å². The fraction of sp³-hybridized carbons (Fsp3) is 0.467. The van der Waals surface area contributed by atoms with Gasteiger partial charge >= 0.3 is 0 Å². The lowest BCUT2D eigenvalue weighted by Crippen LogP contribution is -2.57. The standard InChI is InChI=1S/C15H19FN2O3/c16-12-5-2-11(3-6-12)4-7-13(19)18-9-1-8-15(21,10-18)14(17)20/h2-3,5-6,21H,1,4,7-10H2,(H2,17,20)/t15-/m1/s1. The minimum atomic E-state index is -1.62. The zero-order valence-electron chi connectivity index (χ0n) is 11.7. The van der Waals surface area contributed by atoms with Crippen molar-refractivity contribution in [2.45, 2.75) is 31.3 Å². The van der Waals surface area contributed by atoms with Gasteiger partial charge in [-0.15, -0.1) is 0 Å². The molecule has 1 heterocycles. The number of halogens is 1. The molecule has 2 rings (SSSR count). The summed E-state index contributed by atoms with van der Waals surface area (Å²) in [6.45, 7) is 0.461. The van der Waals surface area contributed by atoms with E-state index in [-0.39, 0.29) is 31.1 Å². The Morgan fingerprint density at radius 2 is 2.00 bits per heavy atom. The van der Waals surface area contributed by atoms with Crippen molar-refractivity contribution in [3.8, 4) is 0 Å². The fourth-order valence-electron chi connectivity index (χ4n) is 2.51. The van der Waals surface area contributed by atoms with Gasteiger partial charge in [0.05, 0.1) is 6.54 Å². The number of aliphatic hydroxyl groups is 1. The highest BCUT2D eigenvalue weighted by Gasteiger charge is 2.39. The lowest BCUT2D eigenvalue weighted by atomic mass is 9.92. The van der Waals surface area contributed by atoms with Crippen LogP contribution in [0.25, 0.3) is 0 Å². The Balaban J connectivity index is 1.91. The van der Waals surface area contributed by atoms with Crippen molar-refractivity contribution in [2.75, 3.05) is 13.1 Å². The van der Waals surface area contributed by atoms with Gasteiger partial charge in [0.15, 0.2) is 5.60 Å². The molecule has 3 N–H and O–H groups in total. The molecular formula is C15H19FN2O3. The number of carbonyl (C=O) groups excluding carboxylic acids is 2. The van der Waals surface area contributed by atoms with Gasteiger partial charge in [-0.3, -0.25) is 9.59 Å². The van der Waals surface area contributed by atoms with Gasteiger partial charge in [-0.25, -0.2) is 4.39 Å². The molecule has 1 aliphatic rings. The number of benzene rings is 1. The Labute approximate surface area is 122 Å². The summed E-state index contributed by atoms with van der Waals surface area (Å²) in [7, 11) is 0. The molecule has 0 radical (unpaired) electrons. The molecule has 1 aromatic rings. The van der Waals surface area contributed by atoms with E-state index in [0.29, 0.717) is 19.4 Å². The SMILES string of the molecule is NC(=O)[C@@]1(O)CCCN(C(=O)CCc2ccc(F)cc2)C1. The number of primary amides is 1. The molecule has 21 heavy (non-hydrogen) atoms.